The number of rotatable bonds is 4. The van der Waals surface area contributed by atoms with Crippen LogP contribution >= 0.6 is 0 Å². The van der Waals surface area contributed by atoms with E-state index in [1.54, 1.807) is 18.2 Å². The maximum atomic E-state index is 13.6. The molecule has 3 N–H and O–H groups in total. The zero-order chi connectivity index (χ0) is 14.7. The minimum absolute atomic E-state index is 0.0173. The highest BCUT2D eigenvalue weighted by atomic mass is 19.1. The molecule has 0 fully saturated rings. The molecule has 0 bridgehead atoms. The van der Waals surface area contributed by atoms with Gasteiger partial charge in [0, 0.05) is 0 Å². The summed E-state index contributed by atoms with van der Waals surface area (Å²) in [6.07, 6.45) is 0. The second-order valence-electron chi connectivity index (χ2n) is 4.24. The smallest absolute Gasteiger partial charge is 0.287 e. The number of amides is 2. The van der Waals surface area contributed by atoms with E-state index in [4.69, 9.17) is 10.2 Å². The first-order valence-corrected chi connectivity index (χ1v) is 5.94. The molecule has 0 aliphatic carbocycles. The molecule has 0 radical (unpaired) electrons. The molecule has 0 aliphatic rings. The number of nitrogens with two attached hydrogens (primary N) is 1. The molecule has 2 rings (SSSR count). The van der Waals surface area contributed by atoms with Gasteiger partial charge >= 0.3 is 0 Å². The quantitative estimate of drug-likeness (QED) is 0.891. The van der Waals surface area contributed by atoms with Gasteiger partial charge in [0.25, 0.3) is 5.91 Å². The van der Waals surface area contributed by atoms with Crippen molar-refractivity contribution in [2.45, 2.75) is 13.0 Å². The first-order chi connectivity index (χ1) is 9.49. The van der Waals surface area contributed by atoms with E-state index < -0.39 is 23.7 Å². The van der Waals surface area contributed by atoms with Crippen LogP contribution in [0.15, 0.2) is 40.8 Å². The molecular formula is C14H13FN2O3. The predicted molar refractivity (Wildman–Crippen MR) is 70.2 cm³/mol. The topological polar surface area (TPSA) is 85.3 Å². The second-order valence-corrected chi connectivity index (χ2v) is 4.24. The first-order valence-electron chi connectivity index (χ1n) is 5.94. The first kappa shape index (κ1) is 13.8. The number of hydrogen-bond donors (Lipinski definition) is 2. The van der Waals surface area contributed by atoms with Crippen molar-refractivity contribution >= 4 is 11.8 Å². The van der Waals surface area contributed by atoms with Crippen molar-refractivity contribution in [2.24, 2.45) is 5.73 Å². The highest BCUT2D eigenvalue weighted by molar-refractivity contribution is 5.95. The fraction of sp³-hybridized carbons (Fsp3) is 0.143. The van der Waals surface area contributed by atoms with E-state index >= 15 is 0 Å². The summed E-state index contributed by atoms with van der Waals surface area (Å²) < 4.78 is 18.9. The van der Waals surface area contributed by atoms with Crippen LogP contribution in [0.1, 0.15) is 17.5 Å². The molecular weight excluding hydrogens is 263 g/mol. The van der Waals surface area contributed by atoms with Gasteiger partial charge in [0.2, 0.25) is 5.91 Å². The molecule has 1 atom stereocenters. The van der Waals surface area contributed by atoms with Crippen LogP contribution in [0.5, 0.6) is 0 Å². The Balaban J connectivity index is 2.19. The average Bonchev–Trinajstić information content (AvgIpc) is 2.88. The SMILES string of the molecule is CC(NC(=O)c1ccc(-c2ccccc2F)o1)C(N)=O. The van der Waals surface area contributed by atoms with Gasteiger partial charge in [0.15, 0.2) is 5.76 Å². The summed E-state index contributed by atoms with van der Waals surface area (Å²) in [7, 11) is 0. The summed E-state index contributed by atoms with van der Waals surface area (Å²) in [5.74, 6) is -1.46. The van der Waals surface area contributed by atoms with Gasteiger partial charge in [0.1, 0.15) is 17.6 Å². The summed E-state index contributed by atoms with van der Waals surface area (Å²) in [6, 6.07) is 8.14. The Labute approximate surface area is 114 Å². The van der Waals surface area contributed by atoms with Crippen LogP contribution in [0.3, 0.4) is 0 Å². The van der Waals surface area contributed by atoms with Gasteiger partial charge in [-0.1, -0.05) is 12.1 Å². The Hall–Kier alpha value is -2.63. The standard InChI is InChI=1S/C14H13FN2O3/c1-8(13(16)18)17-14(19)12-7-6-11(20-12)9-4-2-3-5-10(9)15/h2-8H,1H3,(H2,16,18)(H,17,19). The monoisotopic (exact) mass is 276 g/mol. The zero-order valence-corrected chi connectivity index (χ0v) is 10.7. The maximum Gasteiger partial charge on any atom is 0.287 e. The second kappa shape index (κ2) is 5.56. The van der Waals surface area contributed by atoms with Crippen molar-refractivity contribution in [3.8, 4) is 11.3 Å². The third kappa shape index (κ3) is 2.85. The Bertz CT molecular complexity index is 651. The summed E-state index contributed by atoms with van der Waals surface area (Å²) in [5, 5.41) is 2.37. The number of benzene rings is 1. The molecule has 6 heteroatoms. The van der Waals surface area contributed by atoms with Crippen molar-refractivity contribution in [3.63, 3.8) is 0 Å². The number of primary amides is 1. The molecule has 1 heterocycles. The van der Waals surface area contributed by atoms with E-state index in [9.17, 15) is 14.0 Å². The third-order valence-corrected chi connectivity index (χ3v) is 2.74. The lowest BCUT2D eigenvalue weighted by atomic mass is 10.1. The number of furan rings is 1. The summed E-state index contributed by atoms with van der Waals surface area (Å²) in [5.41, 5.74) is 5.30. The summed E-state index contributed by atoms with van der Waals surface area (Å²) >= 11 is 0. The van der Waals surface area contributed by atoms with Crippen molar-refractivity contribution in [1.29, 1.82) is 0 Å². The Morgan fingerprint density at radius 3 is 2.60 bits per heavy atom. The fourth-order valence-electron chi connectivity index (χ4n) is 1.60. The van der Waals surface area contributed by atoms with Crippen LogP contribution in [0.2, 0.25) is 0 Å². The predicted octanol–water partition coefficient (Wildman–Crippen LogP) is 1.69. The van der Waals surface area contributed by atoms with Gasteiger partial charge in [-0.05, 0) is 31.2 Å². The highest BCUT2D eigenvalue weighted by Gasteiger charge is 2.18. The van der Waals surface area contributed by atoms with Gasteiger partial charge in [-0.15, -0.1) is 0 Å². The normalized spacial score (nSPS) is 11.9. The Kier molecular flexibility index (Phi) is 3.84. The van der Waals surface area contributed by atoms with E-state index in [0.717, 1.165) is 0 Å². The van der Waals surface area contributed by atoms with Crippen LogP contribution in [0.25, 0.3) is 11.3 Å². The number of halogens is 1. The molecule has 20 heavy (non-hydrogen) atoms. The number of hydrogen-bond acceptors (Lipinski definition) is 3. The van der Waals surface area contributed by atoms with Crippen molar-refractivity contribution in [2.75, 3.05) is 0 Å². The number of carbonyl (C=O) groups is 2. The minimum atomic E-state index is -0.815. The molecule has 104 valence electrons. The van der Waals surface area contributed by atoms with Crippen LogP contribution in [0, 0.1) is 5.82 Å². The van der Waals surface area contributed by atoms with E-state index in [0.29, 0.717) is 0 Å². The van der Waals surface area contributed by atoms with Gasteiger partial charge in [0.05, 0.1) is 5.56 Å². The van der Waals surface area contributed by atoms with Crippen LogP contribution in [0.4, 0.5) is 4.39 Å². The Morgan fingerprint density at radius 1 is 1.25 bits per heavy atom. The Morgan fingerprint density at radius 2 is 1.95 bits per heavy atom. The maximum absolute atomic E-state index is 13.6. The van der Waals surface area contributed by atoms with E-state index in [1.165, 1.54) is 25.1 Å². The van der Waals surface area contributed by atoms with Crippen LogP contribution in [-0.4, -0.2) is 17.9 Å². The van der Waals surface area contributed by atoms with Crippen LogP contribution < -0.4 is 11.1 Å². The molecule has 0 spiro atoms. The van der Waals surface area contributed by atoms with Gasteiger partial charge in [-0.25, -0.2) is 4.39 Å². The van der Waals surface area contributed by atoms with E-state index in [-0.39, 0.29) is 17.1 Å². The van der Waals surface area contributed by atoms with E-state index in [1.807, 2.05) is 0 Å². The molecule has 1 unspecified atom stereocenters. The average molecular weight is 276 g/mol. The number of nitrogens with one attached hydrogen (secondary N) is 1. The van der Waals surface area contributed by atoms with Gasteiger partial charge in [-0.3, -0.25) is 9.59 Å². The van der Waals surface area contributed by atoms with E-state index in [2.05, 4.69) is 5.32 Å². The molecule has 1 aromatic heterocycles. The lowest BCUT2D eigenvalue weighted by molar-refractivity contribution is -0.119. The third-order valence-electron chi connectivity index (χ3n) is 2.74. The lowest BCUT2D eigenvalue weighted by Crippen LogP contribution is -2.42. The molecule has 0 saturated carbocycles. The van der Waals surface area contributed by atoms with Crippen molar-refractivity contribution in [1.82, 2.24) is 5.32 Å². The molecule has 2 amide bonds. The van der Waals surface area contributed by atoms with Gasteiger partial charge in [-0.2, -0.15) is 0 Å². The van der Waals surface area contributed by atoms with Gasteiger partial charge < -0.3 is 15.5 Å². The summed E-state index contributed by atoms with van der Waals surface area (Å²) in [6.45, 7) is 1.46. The molecule has 1 aromatic carbocycles. The number of carbonyl (C=O) groups excluding carboxylic acids is 2. The van der Waals surface area contributed by atoms with Crippen LogP contribution in [-0.2, 0) is 4.79 Å². The zero-order valence-electron chi connectivity index (χ0n) is 10.7. The molecule has 5 nitrogen and oxygen atoms in total. The largest absolute Gasteiger partial charge is 0.451 e. The molecule has 2 aromatic rings. The summed E-state index contributed by atoms with van der Waals surface area (Å²) in [4.78, 5) is 22.6. The van der Waals surface area contributed by atoms with Crippen molar-refractivity contribution in [3.05, 3.63) is 48.0 Å². The van der Waals surface area contributed by atoms with Crippen molar-refractivity contribution < 1.29 is 18.4 Å². The molecule has 0 aliphatic heterocycles. The lowest BCUT2D eigenvalue weighted by Gasteiger charge is -2.08. The fourth-order valence-corrected chi connectivity index (χ4v) is 1.60. The highest BCUT2D eigenvalue weighted by Crippen LogP contribution is 2.24. The minimum Gasteiger partial charge on any atom is -0.451 e. The molecule has 0 saturated heterocycles.